The van der Waals surface area contributed by atoms with Gasteiger partial charge in [-0.15, -0.1) is 0 Å². The predicted molar refractivity (Wildman–Crippen MR) is 68.1 cm³/mol. The van der Waals surface area contributed by atoms with Crippen molar-refractivity contribution in [3.05, 3.63) is 28.3 Å². The second-order valence-corrected chi connectivity index (χ2v) is 5.37. The van der Waals surface area contributed by atoms with E-state index in [9.17, 15) is 5.11 Å². The van der Waals surface area contributed by atoms with E-state index in [0.29, 0.717) is 5.02 Å². The molecule has 0 aliphatic heterocycles. The van der Waals surface area contributed by atoms with E-state index in [1.54, 1.807) is 0 Å². The first-order chi connectivity index (χ1) is 7.66. The van der Waals surface area contributed by atoms with E-state index in [2.05, 4.69) is 6.07 Å². The van der Waals surface area contributed by atoms with Crippen molar-refractivity contribution >= 4 is 11.6 Å². The first-order valence-corrected chi connectivity index (χ1v) is 6.52. The molecule has 1 N–H and O–H groups in total. The molecule has 2 rings (SSSR count). The Balaban J connectivity index is 2.13. The minimum absolute atomic E-state index is 0.290. The molecule has 1 aromatic carbocycles. The molecule has 0 atom stereocenters. The van der Waals surface area contributed by atoms with Crippen LogP contribution in [0.1, 0.15) is 43.2 Å². The molecule has 0 aromatic heterocycles. The quantitative estimate of drug-likeness (QED) is 0.806. The highest BCUT2D eigenvalue weighted by Crippen LogP contribution is 2.34. The number of benzene rings is 1. The third kappa shape index (κ3) is 2.70. The summed E-state index contributed by atoms with van der Waals surface area (Å²) in [5.74, 6) is 1.02. The van der Waals surface area contributed by atoms with Gasteiger partial charge in [0.25, 0.3) is 0 Å². The van der Waals surface area contributed by atoms with Crippen LogP contribution < -0.4 is 0 Å². The number of rotatable bonds is 2. The van der Waals surface area contributed by atoms with E-state index in [-0.39, 0.29) is 5.75 Å². The molecule has 1 saturated carbocycles. The van der Waals surface area contributed by atoms with Crippen molar-refractivity contribution < 1.29 is 5.11 Å². The number of phenols is 1. The summed E-state index contributed by atoms with van der Waals surface area (Å²) in [6.07, 6.45) is 7.62. The van der Waals surface area contributed by atoms with Gasteiger partial charge in [-0.05, 0) is 36.5 Å². The maximum Gasteiger partial charge on any atom is 0.137 e. The van der Waals surface area contributed by atoms with Crippen LogP contribution in [0.5, 0.6) is 5.75 Å². The van der Waals surface area contributed by atoms with Gasteiger partial charge in [0, 0.05) is 0 Å². The molecular formula is C14H19ClO. The normalized spacial score (nSPS) is 17.6. The van der Waals surface area contributed by atoms with E-state index >= 15 is 0 Å². The lowest BCUT2D eigenvalue weighted by Crippen LogP contribution is -2.09. The van der Waals surface area contributed by atoms with Gasteiger partial charge in [-0.1, -0.05) is 49.8 Å². The summed E-state index contributed by atoms with van der Waals surface area (Å²) >= 11 is 5.99. The van der Waals surface area contributed by atoms with Crippen molar-refractivity contribution in [3.8, 4) is 5.75 Å². The van der Waals surface area contributed by atoms with Crippen molar-refractivity contribution in [1.82, 2.24) is 0 Å². The van der Waals surface area contributed by atoms with Crippen molar-refractivity contribution in [3.63, 3.8) is 0 Å². The number of hydrogen-bond donors (Lipinski definition) is 1. The fraction of sp³-hybridized carbons (Fsp3) is 0.571. The average Bonchev–Trinajstić information content (AvgIpc) is 2.27. The number of aryl methyl sites for hydroxylation is 1. The van der Waals surface area contributed by atoms with Gasteiger partial charge in [0.1, 0.15) is 5.75 Å². The summed E-state index contributed by atoms with van der Waals surface area (Å²) in [5, 5.41) is 10.4. The highest BCUT2D eigenvalue weighted by atomic mass is 35.5. The van der Waals surface area contributed by atoms with Gasteiger partial charge in [-0.2, -0.15) is 0 Å². The van der Waals surface area contributed by atoms with Crippen LogP contribution in [0.4, 0.5) is 0 Å². The minimum Gasteiger partial charge on any atom is -0.506 e. The molecule has 0 radical (unpaired) electrons. The molecule has 0 unspecified atom stereocenters. The SMILES string of the molecule is Cc1cc(Cl)c(O)c(CC2CCCCC2)c1. The van der Waals surface area contributed by atoms with Gasteiger partial charge in [-0.25, -0.2) is 0 Å². The Morgan fingerprint density at radius 2 is 1.94 bits per heavy atom. The maximum atomic E-state index is 9.92. The van der Waals surface area contributed by atoms with Gasteiger partial charge in [0.2, 0.25) is 0 Å². The van der Waals surface area contributed by atoms with Crippen molar-refractivity contribution in [2.45, 2.75) is 45.4 Å². The summed E-state index contributed by atoms with van der Waals surface area (Å²) < 4.78 is 0. The Bertz CT molecular complexity index is 367. The molecule has 0 heterocycles. The number of phenolic OH excluding ortho intramolecular Hbond substituents is 1. The molecule has 0 amide bonds. The summed E-state index contributed by atoms with van der Waals surface area (Å²) in [6, 6.07) is 3.89. The topological polar surface area (TPSA) is 20.2 Å². The maximum absolute atomic E-state index is 9.92. The Kier molecular flexibility index (Phi) is 3.75. The van der Waals surface area contributed by atoms with Gasteiger partial charge < -0.3 is 5.11 Å². The first kappa shape index (κ1) is 11.8. The van der Waals surface area contributed by atoms with Crippen LogP contribution in [-0.4, -0.2) is 5.11 Å². The molecule has 1 nitrogen and oxygen atoms in total. The molecule has 0 spiro atoms. The Labute approximate surface area is 102 Å². The zero-order chi connectivity index (χ0) is 11.5. The standard InChI is InChI=1S/C14H19ClO/c1-10-7-12(14(16)13(15)8-10)9-11-5-3-2-4-6-11/h7-8,11,16H,2-6,9H2,1H3. The van der Waals surface area contributed by atoms with Crippen LogP contribution in [0.2, 0.25) is 5.02 Å². The van der Waals surface area contributed by atoms with E-state index < -0.39 is 0 Å². The molecule has 2 heteroatoms. The molecule has 0 bridgehead atoms. The molecule has 88 valence electrons. The number of hydrogen-bond acceptors (Lipinski definition) is 1. The highest BCUT2D eigenvalue weighted by Gasteiger charge is 2.16. The summed E-state index contributed by atoms with van der Waals surface area (Å²) in [5.41, 5.74) is 2.16. The zero-order valence-corrected chi connectivity index (χ0v) is 10.6. The van der Waals surface area contributed by atoms with E-state index in [1.165, 1.54) is 32.1 Å². The molecule has 1 aliphatic carbocycles. The van der Waals surface area contributed by atoms with E-state index in [4.69, 9.17) is 11.6 Å². The van der Waals surface area contributed by atoms with Crippen LogP contribution >= 0.6 is 11.6 Å². The molecule has 0 saturated heterocycles. The molecular weight excluding hydrogens is 220 g/mol. The van der Waals surface area contributed by atoms with Gasteiger partial charge in [0.05, 0.1) is 5.02 Å². The fourth-order valence-electron chi connectivity index (χ4n) is 2.66. The zero-order valence-electron chi connectivity index (χ0n) is 9.80. The second kappa shape index (κ2) is 5.09. The van der Waals surface area contributed by atoms with Gasteiger partial charge in [-0.3, -0.25) is 0 Å². The molecule has 1 aromatic rings. The van der Waals surface area contributed by atoms with Crippen LogP contribution in [0.15, 0.2) is 12.1 Å². The van der Waals surface area contributed by atoms with Crippen LogP contribution in [0, 0.1) is 12.8 Å². The van der Waals surface area contributed by atoms with Gasteiger partial charge in [0.15, 0.2) is 0 Å². The third-order valence-electron chi connectivity index (χ3n) is 3.52. The Hall–Kier alpha value is -0.690. The largest absolute Gasteiger partial charge is 0.506 e. The van der Waals surface area contributed by atoms with Crippen molar-refractivity contribution in [1.29, 1.82) is 0 Å². The van der Waals surface area contributed by atoms with E-state index in [1.807, 2.05) is 13.0 Å². The molecule has 16 heavy (non-hydrogen) atoms. The Morgan fingerprint density at radius 1 is 1.25 bits per heavy atom. The van der Waals surface area contributed by atoms with Crippen molar-refractivity contribution in [2.24, 2.45) is 5.92 Å². The van der Waals surface area contributed by atoms with E-state index in [0.717, 1.165) is 23.5 Å². The lowest BCUT2D eigenvalue weighted by molar-refractivity contribution is 0.351. The van der Waals surface area contributed by atoms with Crippen LogP contribution in [0.3, 0.4) is 0 Å². The first-order valence-electron chi connectivity index (χ1n) is 6.15. The smallest absolute Gasteiger partial charge is 0.137 e. The Morgan fingerprint density at radius 3 is 2.62 bits per heavy atom. The lowest BCUT2D eigenvalue weighted by Gasteiger charge is -2.22. The molecule has 1 aliphatic rings. The second-order valence-electron chi connectivity index (χ2n) is 4.96. The summed E-state index contributed by atoms with van der Waals surface area (Å²) in [6.45, 7) is 2.02. The summed E-state index contributed by atoms with van der Waals surface area (Å²) in [4.78, 5) is 0. The fourth-order valence-corrected chi connectivity index (χ4v) is 2.96. The number of halogens is 1. The van der Waals surface area contributed by atoms with Crippen LogP contribution in [0.25, 0.3) is 0 Å². The monoisotopic (exact) mass is 238 g/mol. The van der Waals surface area contributed by atoms with Crippen LogP contribution in [-0.2, 0) is 6.42 Å². The highest BCUT2D eigenvalue weighted by molar-refractivity contribution is 6.32. The van der Waals surface area contributed by atoms with Gasteiger partial charge >= 0.3 is 0 Å². The minimum atomic E-state index is 0.290. The third-order valence-corrected chi connectivity index (χ3v) is 3.81. The lowest BCUT2D eigenvalue weighted by atomic mass is 9.84. The summed E-state index contributed by atoms with van der Waals surface area (Å²) in [7, 11) is 0. The molecule has 1 fully saturated rings. The predicted octanol–water partition coefficient (Wildman–Crippen LogP) is 4.48. The average molecular weight is 239 g/mol. The van der Waals surface area contributed by atoms with Crippen molar-refractivity contribution in [2.75, 3.05) is 0 Å². The number of aromatic hydroxyl groups is 1.